The van der Waals surface area contributed by atoms with Crippen molar-refractivity contribution in [2.75, 3.05) is 13.1 Å². The smallest absolute Gasteiger partial charge is 0.410 e. The van der Waals surface area contributed by atoms with E-state index in [1.165, 1.54) is 11.8 Å². The summed E-state index contributed by atoms with van der Waals surface area (Å²) in [5.41, 5.74) is 3.99. The molecule has 10 nitrogen and oxygen atoms in total. The van der Waals surface area contributed by atoms with E-state index in [1.807, 2.05) is 75.2 Å². The number of amides is 1. The molecule has 5 aromatic rings. The van der Waals surface area contributed by atoms with Crippen molar-refractivity contribution in [1.82, 2.24) is 39.5 Å². The number of nitrogens with zero attached hydrogens (tertiary/aromatic N) is 8. The third-order valence-corrected chi connectivity index (χ3v) is 6.98. The second-order valence-corrected chi connectivity index (χ2v) is 11.2. The monoisotopic (exact) mass is 514 g/mol. The summed E-state index contributed by atoms with van der Waals surface area (Å²) in [7, 11) is 0. The van der Waals surface area contributed by atoms with Gasteiger partial charge in [-0.15, -0.1) is 10.2 Å². The van der Waals surface area contributed by atoms with Crippen LogP contribution in [0.1, 0.15) is 32.5 Å². The predicted molar refractivity (Wildman–Crippen MR) is 139 cm³/mol. The Morgan fingerprint density at radius 2 is 1.89 bits per heavy atom. The highest BCUT2D eigenvalue weighted by Crippen LogP contribution is 2.31. The van der Waals surface area contributed by atoms with Crippen LogP contribution in [0, 0.1) is 6.92 Å². The largest absolute Gasteiger partial charge is 0.444 e. The van der Waals surface area contributed by atoms with Crippen LogP contribution in [0.15, 0.2) is 65.0 Å². The molecule has 1 amide bonds. The van der Waals surface area contributed by atoms with Gasteiger partial charge in [0.15, 0.2) is 5.65 Å². The lowest BCUT2D eigenvalue weighted by atomic mass is 10.1. The molecule has 37 heavy (non-hydrogen) atoms. The molecule has 1 aliphatic rings. The Kier molecular flexibility index (Phi) is 5.59. The van der Waals surface area contributed by atoms with Gasteiger partial charge in [0.25, 0.3) is 0 Å². The highest BCUT2D eigenvalue weighted by Gasteiger charge is 2.35. The quantitative estimate of drug-likeness (QED) is 0.337. The van der Waals surface area contributed by atoms with Crippen molar-refractivity contribution >= 4 is 34.4 Å². The summed E-state index contributed by atoms with van der Waals surface area (Å²) < 4.78 is 9.12. The first-order valence-corrected chi connectivity index (χ1v) is 12.8. The van der Waals surface area contributed by atoms with Gasteiger partial charge in [-0.3, -0.25) is 9.67 Å². The molecule has 1 saturated heterocycles. The number of fused-ring (bicyclic) bond motifs is 2. The molecular weight excluding hydrogens is 488 g/mol. The molecule has 0 atom stereocenters. The Morgan fingerprint density at radius 3 is 2.70 bits per heavy atom. The van der Waals surface area contributed by atoms with E-state index in [2.05, 4.69) is 37.5 Å². The molecule has 11 heteroatoms. The lowest BCUT2D eigenvalue weighted by Gasteiger charge is -2.39. The zero-order valence-electron chi connectivity index (χ0n) is 21.0. The minimum absolute atomic E-state index is 0.132. The summed E-state index contributed by atoms with van der Waals surface area (Å²) in [6, 6.07) is 12.2. The Hall–Kier alpha value is -3.99. The third kappa shape index (κ3) is 4.74. The first-order valence-electron chi connectivity index (χ1n) is 12.0. The Balaban J connectivity index is 1.19. The number of aromatic nitrogens is 7. The molecule has 6 rings (SSSR count). The van der Waals surface area contributed by atoms with Crippen LogP contribution >= 0.6 is 11.8 Å². The van der Waals surface area contributed by atoms with Crippen LogP contribution in [0.5, 0.6) is 0 Å². The molecule has 0 bridgehead atoms. The minimum Gasteiger partial charge on any atom is -0.444 e. The highest BCUT2D eigenvalue weighted by molar-refractivity contribution is 7.99. The Labute approximate surface area is 217 Å². The average Bonchev–Trinajstić information content (AvgIpc) is 3.44. The standard InChI is InChI=1S/C26H26N8O2S/c1-16-5-8-23-29-30-24(34(23)31-16)37-21-6-7-22-17(10-21)9-18(11-27-22)19-12-28-33(13-19)20-14-32(15-20)25(35)36-26(2,3)4/h5-13,20H,14-15H2,1-4H3. The second kappa shape index (κ2) is 8.84. The van der Waals surface area contributed by atoms with Crippen LogP contribution < -0.4 is 0 Å². The van der Waals surface area contributed by atoms with Crippen molar-refractivity contribution < 1.29 is 9.53 Å². The normalized spacial score (nSPS) is 14.3. The van der Waals surface area contributed by atoms with Crippen LogP contribution in [-0.4, -0.2) is 64.3 Å². The van der Waals surface area contributed by atoms with E-state index in [9.17, 15) is 4.79 Å². The number of hydrogen-bond donors (Lipinski definition) is 0. The van der Waals surface area contributed by atoms with E-state index < -0.39 is 5.60 Å². The summed E-state index contributed by atoms with van der Waals surface area (Å²) in [4.78, 5) is 19.6. The molecule has 4 aromatic heterocycles. The first-order chi connectivity index (χ1) is 17.7. The third-order valence-electron chi connectivity index (χ3n) is 6.05. The van der Waals surface area contributed by atoms with Crippen molar-refractivity contribution in [1.29, 1.82) is 0 Å². The van der Waals surface area contributed by atoms with Crippen molar-refractivity contribution in [3.8, 4) is 11.1 Å². The average molecular weight is 515 g/mol. The van der Waals surface area contributed by atoms with Gasteiger partial charge in [-0.1, -0.05) is 0 Å². The summed E-state index contributed by atoms with van der Waals surface area (Å²) in [5, 5.41) is 19.3. The number of pyridine rings is 1. The van der Waals surface area contributed by atoms with Crippen molar-refractivity contribution in [2.45, 2.75) is 49.4 Å². The summed E-state index contributed by atoms with van der Waals surface area (Å²) in [6.45, 7) is 8.72. The summed E-state index contributed by atoms with van der Waals surface area (Å²) in [6.07, 6.45) is 5.43. The van der Waals surface area contributed by atoms with Crippen LogP contribution in [0.4, 0.5) is 4.79 Å². The van der Waals surface area contributed by atoms with E-state index in [0.29, 0.717) is 18.2 Å². The molecule has 0 spiro atoms. The van der Waals surface area contributed by atoms with Gasteiger partial charge in [-0.2, -0.15) is 14.7 Å². The van der Waals surface area contributed by atoms with Crippen LogP contribution in [0.3, 0.4) is 0 Å². The molecule has 0 unspecified atom stereocenters. The SMILES string of the molecule is Cc1ccc2nnc(Sc3ccc4ncc(-c5cnn(C6CN(C(=O)OC(C)(C)C)C6)c5)cc4c3)n2n1. The molecular formula is C26H26N8O2S. The lowest BCUT2D eigenvalue weighted by molar-refractivity contribution is -0.000382. The number of aryl methyl sites for hydroxylation is 1. The van der Waals surface area contributed by atoms with Crippen LogP contribution in [0.25, 0.3) is 27.7 Å². The summed E-state index contributed by atoms with van der Waals surface area (Å²) in [5.74, 6) is 0. The van der Waals surface area contributed by atoms with Crippen LogP contribution in [0.2, 0.25) is 0 Å². The Bertz CT molecular complexity index is 1630. The fourth-order valence-electron chi connectivity index (χ4n) is 4.15. The number of likely N-dealkylation sites (tertiary alicyclic amines) is 1. The van der Waals surface area contributed by atoms with E-state index in [1.54, 1.807) is 9.42 Å². The van der Waals surface area contributed by atoms with E-state index in [4.69, 9.17) is 4.74 Å². The van der Waals surface area contributed by atoms with Crippen molar-refractivity contribution in [3.05, 3.63) is 60.7 Å². The number of carbonyl (C=O) groups is 1. The van der Waals surface area contributed by atoms with Gasteiger partial charge < -0.3 is 9.64 Å². The van der Waals surface area contributed by atoms with Gasteiger partial charge in [0.05, 0.1) is 23.4 Å². The molecule has 188 valence electrons. The van der Waals surface area contributed by atoms with Gasteiger partial charge in [-0.25, -0.2) is 4.79 Å². The Morgan fingerprint density at radius 1 is 1.05 bits per heavy atom. The first kappa shape index (κ1) is 23.4. The van der Waals surface area contributed by atoms with Crippen molar-refractivity contribution in [3.63, 3.8) is 0 Å². The van der Waals surface area contributed by atoms with Gasteiger partial charge >= 0.3 is 6.09 Å². The van der Waals surface area contributed by atoms with E-state index in [0.717, 1.165) is 38.3 Å². The van der Waals surface area contributed by atoms with Gasteiger partial charge in [0, 0.05) is 46.9 Å². The molecule has 1 aromatic carbocycles. The maximum absolute atomic E-state index is 12.2. The molecule has 0 aliphatic carbocycles. The van der Waals surface area contributed by atoms with Crippen LogP contribution in [-0.2, 0) is 4.74 Å². The lowest BCUT2D eigenvalue weighted by Crippen LogP contribution is -2.52. The topological polar surface area (TPSA) is 103 Å². The summed E-state index contributed by atoms with van der Waals surface area (Å²) >= 11 is 1.51. The van der Waals surface area contributed by atoms with Gasteiger partial charge in [0.2, 0.25) is 5.16 Å². The zero-order chi connectivity index (χ0) is 25.7. The molecule has 5 heterocycles. The second-order valence-electron chi connectivity index (χ2n) is 10.2. The number of hydrogen-bond acceptors (Lipinski definition) is 8. The number of rotatable bonds is 4. The fourth-order valence-corrected chi connectivity index (χ4v) is 4.98. The fraction of sp³-hybridized carbons (Fsp3) is 0.308. The maximum atomic E-state index is 12.2. The molecule has 0 N–H and O–H groups in total. The molecule has 0 saturated carbocycles. The number of carbonyl (C=O) groups excluding carboxylic acids is 1. The van der Waals surface area contributed by atoms with E-state index in [-0.39, 0.29) is 12.1 Å². The predicted octanol–water partition coefficient (Wildman–Crippen LogP) is 4.79. The minimum atomic E-state index is -0.498. The highest BCUT2D eigenvalue weighted by atomic mass is 32.2. The number of ether oxygens (including phenoxy) is 1. The maximum Gasteiger partial charge on any atom is 0.410 e. The number of benzene rings is 1. The van der Waals surface area contributed by atoms with Crippen molar-refractivity contribution in [2.24, 2.45) is 0 Å². The molecule has 1 fully saturated rings. The molecule has 0 radical (unpaired) electrons. The molecule has 1 aliphatic heterocycles. The zero-order valence-corrected chi connectivity index (χ0v) is 21.8. The van der Waals surface area contributed by atoms with E-state index >= 15 is 0 Å². The van der Waals surface area contributed by atoms with Gasteiger partial charge in [-0.05, 0) is 75.9 Å². The van der Waals surface area contributed by atoms with Gasteiger partial charge in [0.1, 0.15) is 5.60 Å².